The average molecular weight is 454 g/mol. The van der Waals surface area contributed by atoms with Crippen LogP contribution in [-0.2, 0) is 10.3 Å². The first kappa shape index (κ1) is 21.1. The van der Waals surface area contributed by atoms with Crippen molar-refractivity contribution < 1.29 is 14.3 Å². The number of carbonyl (C=O) groups is 1. The maximum absolute atomic E-state index is 13.2. The number of anilines is 1. The minimum atomic E-state index is -0.640. The van der Waals surface area contributed by atoms with Crippen LogP contribution in [0.5, 0.6) is 5.75 Å². The summed E-state index contributed by atoms with van der Waals surface area (Å²) in [6.45, 7) is 0.644. The number of methoxy groups -OCH3 is 1. The molecule has 0 atom stereocenters. The van der Waals surface area contributed by atoms with Crippen molar-refractivity contribution in [3.8, 4) is 29.1 Å². The first-order valence-corrected chi connectivity index (χ1v) is 10.3. The molecule has 5 rings (SSSR count). The van der Waals surface area contributed by atoms with E-state index in [4.69, 9.17) is 14.6 Å². The summed E-state index contributed by atoms with van der Waals surface area (Å²) in [6.07, 6.45) is 6.58. The highest BCUT2D eigenvalue weighted by atomic mass is 16.5. The molecule has 1 amide bonds. The van der Waals surface area contributed by atoms with Gasteiger partial charge >= 0.3 is 0 Å². The first-order valence-electron chi connectivity index (χ1n) is 10.3. The molecule has 1 aliphatic rings. The van der Waals surface area contributed by atoms with E-state index in [2.05, 4.69) is 27.5 Å². The van der Waals surface area contributed by atoms with E-state index >= 15 is 0 Å². The topological polar surface area (TPSA) is 143 Å². The smallest absolute Gasteiger partial charge is 0.261 e. The zero-order valence-corrected chi connectivity index (χ0v) is 18.1. The lowest BCUT2D eigenvalue weighted by Gasteiger charge is -2.39. The molecule has 0 unspecified atom stereocenters. The van der Waals surface area contributed by atoms with E-state index < -0.39 is 11.4 Å². The van der Waals surface area contributed by atoms with Gasteiger partial charge in [0, 0.05) is 18.0 Å². The Morgan fingerprint density at radius 3 is 2.91 bits per heavy atom. The van der Waals surface area contributed by atoms with Crippen LogP contribution in [0, 0.1) is 22.7 Å². The second-order valence-electron chi connectivity index (χ2n) is 7.82. The van der Waals surface area contributed by atoms with Gasteiger partial charge in [-0.15, -0.1) is 0 Å². The third-order valence-corrected chi connectivity index (χ3v) is 5.71. The van der Waals surface area contributed by atoms with Crippen LogP contribution in [0.15, 0.2) is 49.1 Å². The number of hydrogen-bond acceptors (Lipinski definition) is 8. The minimum absolute atomic E-state index is 0.189. The number of rotatable bonds is 6. The average Bonchev–Trinajstić information content (AvgIpc) is 3.45. The Morgan fingerprint density at radius 1 is 1.35 bits per heavy atom. The SMILES string of the molecule is COc1ccc(C#N)cc1-c1nn(C2(CC#N)COC2)cc1NC(=O)c1cnn2cccnc12. The number of hydrogen-bond donors (Lipinski definition) is 1. The molecule has 11 nitrogen and oxygen atoms in total. The lowest BCUT2D eigenvalue weighted by atomic mass is 9.94. The summed E-state index contributed by atoms with van der Waals surface area (Å²) < 4.78 is 14.0. The standard InChI is InChI=1S/C23H18N8O3/c1-33-19-4-3-15(10-25)9-16(19)20-18(12-31(29-20)23(5-6-24)13-34-14-23)28-22(32)17-11-27-30-8-2-7-26-21(17)30/h2-4,7-9,11-12H,5,13-14H2,1H3,(H,28,32). The highest BCUT2D eigenvalue weighted by Gasteiger charge is 2.42. The second kappa shape index (κ2) is 8.31. The molecule has 3 aromatic heterocycles. The number of aromatic nitrogens is 5. The third-order valence-electron chi connectivity index (χ3n) is 5.71. The van der Waals surface area contributed by atoms with Gasteiger partial charge in [-0.25, -0.2) is 9.50 Å². The number of nitrogens with one attached hydrogen (secondary N) is 1. The van der Waals surface area contributed by atoms with Gasteiger partial charge in [0.2, 0.25) is 0 Å². The molecule has 0 radical (unpaired) electrons. The number of carbonyl (C=O) groups excluding carboxylic acids is 1. The molecule has 34 heavy (non-hydrogen) atoms. The molecule has 1 N–H and O–H groups in total. The summed E-state index contributed by atoms with van der Waals surface area (Å²) in [5.74, 6) is 0.0562. The second-order valence-corrected chi connectivity index (χ2v) is 7.82. The van der Waals surface area contributed by atoms with Crippen LogP contribution in [-0.4, -0.2) is 50.6 Å². The van der Waals surface area contributed by atoms with Crippen molar-refractivity contribution in [2.45, 2.75) is 12.0 Å². The van der Waals surface area contributed by atoms with Gasteiger partial charge in [-0.2, -0.15) is 20.7 Å². The molecule has 0 aliphatic carbocycles. The quantitative estimate of drug-likeness (QED) is 0.468. The van der Waals surface area contributed by atoms with Crippen molar-refractivity contribution >= 4 is 17.2 Å². The number of benzene rings is 1. The maximum atomic E-state index is 13.2. The van der Waals surface area contributed by atoms with Gasteiger partial charge in [-0.05, 0) is 24.3 Å². The summed E-state index contributed by atoms with van der Waals surface area (Å²) in [5, 5.41) is 30.5. The third kappa shape index (κ3) is 3.41. The monoisotopic (exact) mass is 454 g/mol. The normalized spacial score (nSPS) is 14.1. The molecule has 1 saturated heterocycles. The van der Waals surface area contributed by atoms with Crippen LogP contribution in [0.3, 0.4) is 0 Å². The van der Waals surface area contributed by atoms with Crippen molar-refractivity contribution in [1.29, 1.82) is 10.5 Å². The van der Waals surface area contributed by atoms with Gasteiger partial charge < -0.3 is 14.8 Å². The first-order chi connectivity index (χ1) is 16.6. The lowest BCUT2D eigenvalue weighted by molar-refractivity contribution is -0.104. The molecule has 1 fully saturated rings. The summed E-state index contributed by atoms with van der Waals surface area (Å²) in [5.41, 5.74) is 1.78. The molecule has 4 heterocycles. The number of nitrogens with zero attached hydrogens (tertiary/aromatic N) is 7. The van der Waals surface area contributed by atoms with Crippen molar-refractivity contribution in [3.05, 3.63) is 60.2 Å². The number of nitriles is 2. The number of fused-ring (bicyclic) bond motifs is 1. The predicted octanol–water partition coefficient (Wildman–Crippen LogP) is 2.36. The molecular formula is C23H18N8O3. The molecule has 1 aliphatic heterocycles. The molecule has 0 bridgehead atoms. The fourth-order valence-electron chi connectivity index (χ4n) is 3.85. The molecule has 0 saturated carbocycles. The van der Waals surface area contributed by atoms with E-state index in [-0.39, 0.29) is 12.0 Å². The van der Waals surface area contributed by atoms with Gasteiger partial charge in [0.1, 0.15) is 22.5 Å². The van der Waals surface area contributed by atoms with E-state index in [9.17, 15) is 15.3 Å². The van der Waals surface area contributed by atoms with Crippen molar-refractivity contribution in [2.75, 3.05) is 25.6 Å². The lowest BCUT2D eigenvalue weighted by Crippen LogP contribution is -2.51. The zero-order chi connectivity index (χ0) is 23.7. The fourth-order valence-corrected chi connectivity index (χ4v) is 3.85. The van der Waals surface area contributed by atoms with Gasteiger partial charge in [0.15, 0.2) is 5.65 Å². The van der Waals surface area contributed by atoms with Crippen LogP contribution in [0.1, 0.15) is 22.3 Å². The van der Waals surface area contributed by atoms with Gasteiger partial charge in [0.25, 0.3) is 5.91 Å². The highest BCUT2D eigenvalue weighted by molar-refractivity contribution is 6.09. The Kier molecular flexibility index (Phi) is 5.17. The van der Waals surface area contributed by atoms with Crippen molar-refractivity contribution in [3.63, 3.8) is 0 Å². The van der Waals surface area contributed by atoms with Crippen molar-refractivity contribution in [1.82, 2.24) is 24.4 Å². The minimum Gasteiger partial charge on any atom is -0.496 e. The Bertz CT molecular complexity index is 1490. The Labute approximate surface area is 193 Å². The van der Waals surface area contributed by atoms with Crippen LogP contribution < -0.4 is 10.1 Å². The zero-order valence-electron chi connectivity index (χ0n) is 18.1. The van der Waals surface area contributed by atoms with Gasteiger partial charge in [0.05, 0.1) is 62.5 Å². The molecule has 168 valence electrons. The van der Waals surface area contributed by atoms with E-state index in [0.717, 1.165) is 0 Å². The molecular weight excluding hydrogens is 436 g/mol. The Balaban J connectivity index is 1.62. The van der Waals surface area contributed by atoms with Gasteiger partial charge in [-0.1, -0.05) is 0 Å². The Hall–Kier alpha value is -4.74. The Morgan fingerprint density at radius 2 is 2.21 bits per heavy atom. The van der Waals surface area contributed by atoms with Crippen molar-refractivity contribution in [2.24, 2.45) is 0 Å². The molecule has 4 aromatic rings. The summed E-state index contributed by atoms with van der Waals surface area (Å²) in [7, 11) is 1.52. The maximum Gasteiger partial charge on any atom is 0.261 e. The van der Waals surface area contributed by atoms with Crippen LogP contribution >= 0.6 is 0 Å². The van der Waals surface area contributed by atoms with Gasteiger partial charge in [-0.3, -0.25) is 9.48 Å². The van der Waals surface area contributed by atoms with Crippen LogP contribution in [0.25, 0.3) is 16.9 Å². The summed E-state index contributed by atoms with van der Waals surface area (Å²) >= 11 is 0. The number of amides is 1. The summed E-state index contributed by atoms with van der Waals surface area (Å²) in [6, 6.07) is 11.0. The fraction of sp³-hybridized carbons (Fsp3) is 0.217. The molecule has 11 heteroatoms. The van der Waals surface area contributed by atoms with E-state index in [0.29, 0.717) is 47.1 Å². The largest absolute Gasteiger partial charge is 0.496 e. The van der Waals surface area contributed by atoms with Crippen LogP contribution in [0.4, 0.5) is 5.69 Å². The van der Waals surface area contributed by atoms with Crippen LogP contribution in [0.2, 0.25) is 0 Å². The highest BCUT2D eigenvalue weighted by Crippen LogP contribution is 2.38. The molecule has 1 aromatic carbocycles. The van der Waals surface area contributed by atoms with E-state index in [1.807, 2.05) is 0 Å². The number of ether oxygens (including phenoxy) is 2. The van der Waals surface area contributed by atoms with E-state index in [1.165, 1.54) is 17.8 Å². The van der Waals surface area contributed by atoms with E-state index in [1.54, 1.807) is 47.5 Å². The summed E-state index contributed by atoms with van der Waals surface area (Å²) in [4.78, 5) is 17.5. The molecule has 0 spiro atoms. The predicted molar refractivity (Wildman–Crippen MR) is 119 cm³/mol.